The molecule has 0 heterocycles. The number of hydrogen-bond acceptors (Lipinski definition) is 4. The Kier molecular flexibility index (Phi) is 3.94. The van der Waals surface area contributed by atoms with E-state index in [0.29, 0.717) is 0 Å². The number of hydrogen-bond donors (Lipinski definition) is 0. The topological polar surface area (TPSA) is 69.4 Å². The Morgan fingerprint density at radius 1 is 1.62 bits per heavy atom. The van der Waals surface area contributed by atoms with E-state index < -0.39 is 16.7 Å². The number of ether oxygens (including phenoxy) is 1. The van der Waals surface area contributed by atoms with Gasteiger partial charge in [-0.15, -0.1) is 0 Å². The molecule has 1 aromatic rings. The second-order valence-corrected chi connectivity index (χ2v) is 3.76. The largest absolute Gasteiger partial charge is 0.469 e. The van der Waals surface area contributed by atoms with Crippen molar-refractivity contribution >= 4 is 27.6 Å². The van der Waals surface area contributed by atoms with Crippen LogP contribution in [0.15, 0.2) is 16.6 Å². The average Bonchev–Trinajstić information content (AvgIpc) is 2.21. The Morgan fingerprint density at radius 3 is 2.75 bits per heavy atom. The minimum atomic E-state index is -0.692. The number of methoxy groups -OCH3 is 1. The summed E-state index contributed by atoms with van der Waals surface area (Å²) >= 11 is 2.87. The molecule has 0 aliphatic carbocycles. The molecule has 1 rings (SSSR count). The number of benzene rings is 1. The number of esters is 1. The fourth-order valence-corrected chi connectivity index (χ4v) is 1.54. The van der Waals surface area contributed by atoms with Crippen molar-refractivity contribution in [3.8, 4) is 0 Å². The maximum atomic E-state index is 13.3. The highest BCUT2D eigenvalue weighted by Gasteiger charge is 2.18. The zero-order valence-electron chi connectivity index (χ0n) is 8.20. The molecule has 0 N–H and O–H groups in total. The Labute approximate surface area is 98.5 Å². The fraction of sp³-hybridized carbons (Fsp3) is 0.222. The average molecular weight is 292 g/mol. The highest BCUT2D eigenvalue weighted by atomic mass is 79.9. The van der Waals surface area contributed by atoms with Gasteiger partial charge in [-0.2, -0.15) is 0 Å². The van der Waals surface area contributed by atoms with E-state index in [1.165, 1.54) is 0 Å². The van der Waals surface area contributed by atoms with Crippen molar-refractivity contribution in [3.05, 3.63) is 38.1 Å². The van der Waals surface area contributed by atoms with Crippen LogP contribution in [0.5, 0.6) is 0 Å². The fourth-order valence-electron chi connectivity index (χ4n) is 1.08. The number of halogens is 2. The molecule has 0 saturated carbocycles. The third kappa shape index (κ3) is 2.75. The van der Waals surface area contributed by atoms with E-state index in [-0.39, 0.29) is 22.1 Å². The number of nitrogens with zero attached hydrogens (tertiary/aromatic N) is 1. The highest BCUT2D eigenvalue weighted by Crippen LogP contribution is 2.28. The van der Waals surface area contributed by atoms with Crippen LogP contribution < -0.4 is 0 Å². The first-order valence-electron chi connectivity index (χ1n) is 4.15. The first-order chi connectivity index (χ1) is 7.45. The van der Waals surface area contributed by atoms with Gasteiger partial charge in [0.15, 0.2) is 0 Å². The number of carbonyl (C=O) groups excluding carboxylic acids is 1. The Hall–Kier alpha value is -1.50. The quantitative estimate of drug-likeness (QED) is 0.486. The van der Waals surface area contributed by atoms with Crippen LogP contribution in [0, 0.1) is 15.9 Å². The summed E-state index contributed by atoms with van der Waals surface area (Å²) in [4.78, 5) is 20.8. The van der Waals surface area contributed by atoms with Crippen LogP contribution in [0.25, 0.3) is 0 Å². The number of carbonyl (C=O) groups is 1. The Bertz CT molecular complexity index is 449. The van der Waals surface area contributed by atoms with Gasteiger partial charge in [0.25, 0.3) is 5.69 Å². The monoisotopic (exact) mass is 291 g/mol. The van der Waals surface area contributed by atoms with E-state index in [1.54, 1.807) is 0 Å². The first kappa shape index (κ1) is 12.6. The molecule has 0 amide bonds. The molecule has 0 saturated heterocycles. The molecule has 0 bridgehead atoms. The standard InChI is InChI=1S/C9H7BrFNO4/c1-16-9(13)3-5-2-8(12(14)15)6(10)4-7(5)11/h2,4H,3H2,1H3. The van der Waals surface area contributed by atoms with Gasteiger partial charge in [-0.1, -0.05) is 0 Å². The molecule has 0 radical (unpaired) electrons. The van der Waals surface area contributed by atoms with Crippen LogP contribution in [0.4, 0.5) is 10.1 Å². The van der Waals surface area contributed by atoms with E-state index in [4.69, 9.17) is 0 Å². The van der Waals surface area contributed by atoms with Gasteiger partial charge in [0.1, 0.15) is 5.82 Å². The summed E-state index contributed by atoms with van der Waals surface area (Å²) < 4.78 is 17.7. The molecular formula is C9H7BrFNO4. The molecule has 0 unspecified atom stereocenters. The van der Waals surface area contributed by atoms with E-state index in [0.717, 1.165) is 19.2 Å². The van der Waals surface area contributed by atoms with Gasteiger partial charge < -0.3 is 4.74 Å². The molecule has 16 heavy (non-hydrogen) atoms. The summed E-state index contributed by atoms with van der Waals surface area (Å²) in [6.45, 7) is 0. The zero-order chi connectivity index (χ0) is 12.3. The van der Waals surface area contributed by atoms with Gasteiger partial charge in [0.05, 0.1) is 22.9 Å². The van der Waals surface area contributed by atoms with Crippen LogP contribution in [0.3, 0.4) is 0 Å². The van der Waals surface area contributed by atoms with Crippen molar-refractivity contribution in [2.75, 3.05) is 7.11 Å². The van der Waals surface area contributed by atoms with Gasteiger partial charge >= 0.3 is 5.97 Å². The van der Waals surface area contributed by atoms with Crippen LogP contribution in [0.2, 0.25) is 0 Å². The lowest BCUT2D eigenvalue weighted by Crippen LogP contribution is -2.07. The van der Waals surface area contributed by atoms with Crippen LogP contribution in [0.1, 0.15) is 5.56 Å². The lowest BCUT2D eigenvalue weighted by atomic mass is 10.1. The molecule has 1 aromatic carbocycles. The number of nitro groups is 1. The summed E-state index contributed by atoms with van der Waals surface area (Å²) in [6, 6.07) is 1.97. The molecule has 0 fully saturated rings. The Morgan fingerprint density at radius 2 is 2.25 bits per heavy atom. The van der Waals surface area contributed by atoms with Gasteiger partial charge in [0, 0.05) is 11.6 Å². The number of rotatable bonds is 3. The van der Waals surface area contributed by atoms with E-state index in [9.17, 15) is 19.3 Å². The summed E-state index contributed by atoms with van der Waals surface area (Å²) in [5.41, 5.74) is -0.359. The van der Waals surface area contributed by atoms with E-state index >= 15 is 0 Å². The van der Waals surface area contributed by atoms with E-state index in [1.807, 2.05) is 0 Å². The maximum Gasteiger partial charge on any atom is 0.310 e. The van der Waals surface area contributed by atoms with Crippen molar-refractivity contribution in [2.24, 2.45) is 0 Å². The molecule has 0 spiro atoms. The van der Waals surface area contributed by atoms with Crippen LogP contribution in [-0.2, 0) is 16.0 Å². The number of nitro benzene ring substituents is 1. The normalized spacial score (nSPS) is 9.94. The SMILES string of the molecule is COC(=O)Cc1cc([N+](=O)[O-])c(Br)cc1F. The van der Waals surface area contributed by atoms with Gasteiger partial charge in [-0.25, -0.2) is 4.39 Å². The van der Waals surface area contributed by atoms with Gasteiger partial charge in [-0.3, -0.25) is 14.9 Å². The summed E-state index contributed by atoms with van der Waals surface area (Å²) in [5, 5.41) is 10.6. The molecule has 5 nitrogen and oxygen atoms in total. The molecule has 7 heteroatoms. The van der Waals surface area contributed by atoms with Crippen LogP contribution >= 0.6 is 15.9 Å². The summed E-state index contributed by atoms with van der Waals surface area (Å²) in [6.07, 6.45) is -0.337. The maximum absolute atomic E-state index is 13.3. The van der Waals surface area contributed by atoms with Gasteiger partial charge in [-0.05, 0) is 22.0 Å². The second-order valence-electron chi connectivity index (χ2n) is 2.91. The lowest BCUT2D eigenvalue weighted by molar-refractivity contribution is -0.385. The smallest absolute Gasteiger partial charge is 0.310 e. The molecular weight excluding hydrogens is 285 g/mol. The minimum absolute atomic E-state index is 0.0311. The predicted molar refractivity (Wildman–Crippen MR) is 56.5 cm³/mol. The van der Waals surface area contributed by atoms with Crippen LogP contribution in [-0.4, -0.2) is 18.0 Å². The van der Waals surface area contributed by atoms with Crippen molar-refractivity contribution in [1.82, 2.24) is 0 Å². The highest BCUT2D eigenvalue weighted by molar-refractivity contribution is 9.10. The van der Waals surface area contributed by atoms with Crippen molar-refractivity contribution in [3.63, 3.8) is 0 Å². The molecule has 86 valence electrons. The summed E-state index contributed by atoms with van der Waals surface area (Å²) in [5.74, 6) is -1.35. The second kappa shape index (κ2) is 5.02. The first-order valence-corrected chi connectivity index (χ1v) is 4.94. The third-order valence-corrected chi connectivity index (χ3v) is 2.51. The third-order valence-electron chi connectivity index (χ3n) is 1.88. The molecule has 0 aromatic heterocycles. The van der Waals surface area contributed by atoms with Crippen molar-refractivity contribution in [1.29, 1.82) is 0 Å². The Balaban J connectivity index is 3.14. The van der Waals surface area contributed by atoms with Crippen molar-refractivity contribution < 1.29 is 18.8 Å². The van der Waals surface area contributed by atoms with Gasteiger partial charge in [0.2, 0.25) is 0 Å². The zero-order valence-corrected chi connectivity index (χ0v) is 9.78. The predicted octanol–water partition coefficient (Wildman–Crippen LogP) is 2.21. The molecule has 0 aliphatic rings. The molecule has 0 atom stereocenters. The lowest BCUT2D eigenvalue weighted by Gasteiger charge is -2.03. The van der Waals surface area contributed by atoms with Crippen molar-refractivity contribution in [2.45, 2.75) is 6.42 Å². The summed E-state index contributed by atoms with van der Waals surface area (Å²) in [7, 11) is 1.16. The van der Waals surface area contributed by atoms with E-state index in [2.05, 4.69) is 20.7 Å². The minimum Gasteiger partial charge on any atom is -0.469 e. The molecule has 0 aliphatic heterocycles.